The predicted molar refractivity (Wildman–Crippen MR) is 135 cm³/mol. The van der Waals surface area contributed by atoms with Crippen molar-refractivity contribution in [1.82, 2.24) is 4.98 Å². The average Bonchev–Trinajstić information content (AvgIpc) is 2.90. The Hall–Kier alpha value is -4.61. The van der Waals surface area contributed by atoms with Crippen LogP contribution in [0.3, 0.4) is 0 Å². The van der Waals surface area contributed by atoms with Crippen LogP contribution in [0.2, 0.25) is 0 Å². The molecule has 0 saturated carbocycles. The first-order valence-corrected chi connectivity index (χ1v) is 12.4. The van der Waals surface area contributed by atoms with Gasteiger partial charge in [0.1, 0.15) is 15.5 Å². The van der Waals surface area contributed by atoms with Crippen LogP contribution in [0.15, 0.2) is 95.0 Å². The van der Waals surface area contributed by atoms with Crippen LogP contribution in [0.4, 0.5) is 20.6 Å². The minimum atomic E-state index is -3.44. The summed E-state index contributed by atoms with van der Waals surface area (Å²) in [7, 11) is -3.44. The van der Waals surface area contributed by atoms with E-state index in [2.05, 4.69) is 15.6 Å². The van der Waals surface area contributed by atoms with Crippen LogP contribution < -0.4 is 10.6 Å². The number of hydrogen-bond acceptors (Lipinski definition) is 6. The Bertz CT molecular complexity index is 1570. The number of aliphatic hydroxyl groups is 1. The van der Waals surface area contributed by atoms with Gasteiger partial charge in [0, 0.05) is 18.0 Å². The lowest BCUT2D eigenvalue weighted by molar-refractivity contribution is 0.102. The van der Waals surface area contributed by atoms with E-state index in [1.54, 1.807) is 24.3 Å². The lowest BCUT2D eigenvalue weighted by atomic mass is 10.0. The van der Waals surface area contributed by atoms with Gasteiger partial charge in [-0.05, 0) is 71.3 Å². The van der Waals surface area contributed by atoms with E-state index in [-0.39, 0.29) is 33.3 Å². The number of pyridine rings is 1. The molecule has 1 unspecified atom stereocenters. The number of carboxylic acid groups (broad SMARTS) is 1. The number of amides is 2. The molecule has 11 heteroatoms. The molecule has 1 atom stereocenters. The zero-order chi connectivity index (χ0) is 26.6. The predicted octanol–water partition coefficient (Wildman–Crippen LogP) is 5.19. The molecule has 0 aliphatic carbocycles. The molecule has 3 aromatic carbocycles. The maximum atomic E-state index is 13.3. The van der Waals surface area contributed by atoms with Crippen molar-refractivity contribution in [3.8, 4) is 11.1 Å². The minimum absolute atomic E-state index is 0.123. The Morgan fingerprint density at radius 2 is 1.54 bits per heavy atom. The van der Waals surface area contributed by atoms with Crippen LogP contribution in [0.25, 0.3) is 11.1 Å². The highest BCUT2D eigenvalue weighted by Crippen LogP contribution is 2.30. The molecule has 5 N–H and O–H groups in total. The van der Waals surface area contributed by atoms with Crippen molar-refractivity contribution < 1.29 is 28.4 Å². The molecular formula is C26H21FN4O5S. The second-order valence-corrected chi connectivity index (χ2v) is 9.97. The quantitative estimate of drug-likeness (QED) is 0.226. The third-order valence-corrected chi connectivity index (χ3v) is 7.24. The van der Waals surface area contributed by atoms with E-state index in [9.17, 15) is 23.3 Å². The van der Waals surface area contributed by atoms with Gasteiger partial charge >= 0.3 is 6.09 Å². The van der Waals surface area contributed by atoms with Crippen LogP contribution in [-0.4, -0.2) is 31.4 Å². The molecule has 0 radical (unpaired) electrons. The van der Waals surface area contributed by atoms with E-state index in [4.69, 9.17) is 9.89 Å². The number of nitrogens with one attached hydrogen (secondary N) is 3. The van der Waals surface area contributed by atoms with Gasteiger partial charge in [-0.3, -0.25) is 15.1 Å². The molecule has 0 aliphatic rings. The first-order valence-electron chi connectivity index (χ1n) is 10.8. The summed E-state index contributed by atoms with van der Waals surface area (Å²) in [4.78, 5) is 28.4. The molecule has 0 bridgehead atoms. The van der Waals surface area contributed by atoms with Crippen LogP contribution in [0.5, 0.6) is 0 Å². The molecule has 2 amide bonds. The van der Waals surface area contributed by atoms with Gasteiger partial charge in [-0.2, -0.15) is 0 Å². The third-order valence-electron chi connectivity index (χ3n) is 5.42. The van der Waals surface area contributed by atoms with Gasteiger partial charge in [-0.1, -0.05) is 18.2 Å². The number of nitrogens with zero attached hydrogens (tertiary/aromatic N) is 1. The SMILES string of the molecule is N=S(=O)(c1ccc(C(=O)Nc2cc(-c3ccc(F)cc3)ccc2NC(=O)O)cc1)c1cncc(CO)c1. The zero-order valence-corrected chi connectivity index (χ0v) is 20.0. The molecular weight excluding hydrogens is 499 g/mol. The van der Waals surface area contributed by atoms with Crippen molar-refractivity contribution in [3.05, 3.63) is 102 Å². The molecule has 1 aromatic heterocycles. The first-order chi connectivity index (χ1) is 17.7. The van der Waals surface area contributed by atoms with Gasteiger partial charge in [0.2, 0.25) is 0 Å². The molecule has 0 aliphatic heterocycles. The second-order valence-electron chi connectivity index (χ2n) is 7.92. The lowest BCUT2D eigenvalue weighted by Crippen LogP contribution is -2.15. The van der Waals surface area contributed by atoms with Crippen LogP contribution in [-0.2, 0) is 16.3 Å². The minimum Gasteiger partial charge on any atom is -0.465 e. The summed E-state index contributed by atoms with van der Waals surface area (Å²) in [5.41, 5.74) is 2.18. The summed E-state index contributed by atoms with van der Waals surface area (Å²) in [6, 6.07) is 17.4. The number of carbonyl (C=O) groups is 2. The smallest absolute Gasteiger partial charge is 0.409 e. The summed E-state index contributed by atoms with van der Waals surface area (Å²) in [6.07, 6.45) is 1.38. The van der Waals surface area contributed by atoms with Gasteiger partial charge in [0.05, 0.1) is 27.8 Å². The Kier molecular flexibility index (Phi) is 7.27. The summed E-state index contributed by atoms with van der Waals surface area (Å²) < 4.78 is 34.8. The molecule has 0 saturated heterocycles. The van der Waals surface area contributed by atoms with Crippen molar-refractivity contribution in [1.29, 1.82) is 4.78 Å². The number of rotatable bonds is 7. The Balaban J connectivity index is 1.61. The molecule has 4 rings (SSSR count). The summed E-state index contributed by atoms with van der Waals surface area (Å²) >= 11 is 0. The van der Waals surface area contributed by atoms with Gasteiger partial charge in [0.25, 0.3) is 5.91 Å². The number of aliphatic hydroxyl groups excluding tert-OH is 1. The molecule has 188 valence electrons. The fraction of sp³-hybridized carbons (Fsp3) is 0.0385. The highest BCUT2D eigenvalue weighted by molar-refractivity contribution is 7.92. The molecule has 1 heterocycles. The lowest BCUT2D eigenvalue weighted by Gasteiger charge is -2.14. The topological polar surface area (TPSA) is 152 Å². The maximum Gasteiger partial charge on any atom is 0.409 e. The zero-order valence-electron chi connectivity index (χ0n) is 19.1. The van der Waals surface area contributed by atoms with Crippen molar-refractivity contribution >= 4 is 33.1 Å². The highest BCUT2D eigenvalue weighted by atomic mass is 32.2. The van der Waals surface area contributed by atoms with E-state index in [1.165, 1.54) is 60.9 Å². The van der Waals surface area contributed by atoms with E-state index in [0.29, 0.717) is 16.7 Å². The second kappa shape index (κ2) is 10.6. The van der Waals surface area contributed by atoms with Gasteiger partial charge in [0.15, 0.2) is 0 Å². The Morgan fingerprint density at radius 3 is 2.19 bits per heavy atom. The van der Waals surface area contributed by atoms with Crippen LogP contribution in [0.1, 0.15) is 15.9 Å². The number of aromatic nitrogens is 1. The number of hydrogen-bond donors (Lipinski definition) is 5. The number of benzene rings is 3. The largest absolute Gasteiger partial charge is 0.465 e. The molecule has 0 fully saturated rings. The van der Waals surface area contributed by atoms with Gasteiger partial charge in [-0.25, -0.2) is 18.2 Å². The maximum absolute atomic E-state index is 13.3. The van der Waals surface area contributed by atoms with Crippen LogP contribution >= 0.6 is 0 Å². The number of halogens is 1. The first kappa shape index (κ1) is 25.5. The number of anilines is 2. The van der Waals surface area contributed by atoms with E-state index in [1.807, 2.05) is 0 Å². The van der Waals surface area contributed by atoms with Crippen LogP contribution in [0, 0.1) is 10.6 Å². The fourth-order valence-corrected chi connectivity index (χ4v) is 4.85. The Morgan fingerprint density at radius 1 is 0.865 bits per heavy atom. The van der Waals surface area contributed by atoms with Gasteiger partial charge < -0.3 is 15.5 Å². The van der Waals surface area contributed by atoms with Crippen molar-refractivity contribution in [2.45, 2.75) is 16.4 Å². The summed E-state index contributed by atoms with van der Waals surface area (Å²) in [5.74, 6) is -0.976. The molecule has 4 aromatic rings. The standard InChI is InChI=1S/C26H21FN4O5S/c27-20-6-1-17(2-7-20)19-5-10-23(31-26(34)35)24(12-19)30-25(33)18-3-8-21(9-4-18)37(28,36)22-11-16(15-32)13-29-14-22/h1-14,28,31-32H,15H2,(H,30,33)(H,34,35). The van der Waals surface area contributed by atoms with Crippen molar-refractivity contribution in [2.75, 3.05) is 10.6 Å². The van der Waals surface area contributed by atoms with Gasteiger partial charge in [-0.15, -0.1) is 0 Å². The van der Waals surface area contributed by atoms with E-state index in [0.717, 1.165) is 0 Å². The summed E-state index contributed by atoms with van der Waals surface area (Å²) in [5, 5.41) is 23.3. The summed E-state index contributed by atoms with van der Waals surface area (Å²) in [6.45, 7) is -0.309. The molecule has 0 spiro atoms. The fourth-order valence-electron chi connectivity index (χ4n) is 3.53. The van der Waals surface area contributed by atoms with Crippen molar-refractivity contribution in [3.63, 3.8) is 0 Å². The van der Waals surface area contributed by atoms with E-state index < -0.39 is 27.5 Å². The monoisotopic (exact) mass is 520 g/mol. The van der Waals surface area contributed by atoms with Crippen molar-refractivity contribution in [2.24, 2.45) is 0 Å². The molecule has 9 nitrogen and oxygen atoms in total. The average molecular weight is 521 g/mol. The highest BCUT2D eigenvalue weighted by Gasteiger charge is 2.17. The number of carbonyl (C=O) groups excluding carboxylic acids is 1. The normalized spacial score (nSPS) is 12.4. The molecule has 37 heavy (non-hydrogen) atoms. The third kappa shape index (κ3) is 5.80. The Labute approximate surface area is 211 Å². The van der Waals surface area contributed by atoms with E-state index >= 15 is 0 Å².